The minimum atomic E-state index is -1.63. The Bertz CT molecular complexity index is 1690. The lowest BCUT2D eigenvalue weighted by molar-refractivity contribution is -0.393. The molecule has 3 atom stereocenters. The molecular formula is C30H22N4O6. The van der Waals surface area contributed by atoms with Crippen LogP contribution in [0.25, 0.3) is 0 Å². The summed E-state index contributed by atoms with van der Waals surface area (Å²) in [7, 11) is 0. The first-order chi connectivity index (χ1) is 19.3. The van der Waals surface area contributed by atoms with Crippen LogP contribution in [0.3, 0.4) is 0 Å². The average molecular weight is 535 g/mol. The molecule has 0 aromatic heterocycles. The van der Waals surface area contributed by atoms with Gasteiger partial charge in [0.05, 0.1) is 27.0 Å². The highest BCUT2D eigenvalue weighted by Crippen LogP contribution is 2.57. The molecule has 0 saturated carbocycles. The minimum Gasteiger partial charge on any atom is -0.371 e. The van der Waals surface area contributed by atoms with Crippen LogP contribution in [0.15, 0.2) is 108 Å². The number of Topliss-reactive ketones (excluding diaryl/α,β-unsaturated/α-hetero) is 1. The van der Waals surface area contributed by atoms with Crippen LogP contribution in [0.5, 0.6) is 0 Å². The summed E-state index contributed by atoms with van der Waals surface area (Å²) in [5.41, 5.74) is 0.371. The fraction of sp³-hybridized carbons (Fsp3) is 0.133. The highest BCUT2D eigenvalue weighted by Gasteiger charge is 2.62. The van der Waals surface area contributed by atoms with E-state index in [1.165, 1.54) is 6.07 Å². The monoisotopic (exact) mass is 534 g/mol. The molecule has 10 nitrogen and oxygen atoms in total. The molecule has 0 amide bonds. The Morgan fingerprint density at radius 3 is 2.17 bits per heavy atom. The zero-order valence-electron chi connectivity index (χ0n) is 21.0. The van der Waals surface area contributed by atoms with Crippen LogP contribution in [-0.4, -0.2) is 32.7 Å². The number of carbonyl (C=O) groups is 1. The van der Waals surface area contributed by atoms with Crippen molar-refractivity contribution >= 4 is 28.6 Å². The number of hydrazone groups is 1. The lowest BCUT2D eigenvalue weighted by atomic mass is 9.66. The van der Waals surface area contributed by atoms with Crippen molar-refractivity contribution in [2.24, 2.45) is 10.5 Å². The number of carbonyl (C=O) groups excluding carboxylic acids is 1. The Morgan fingerprint density at radius 2 is 1.50 bits per heavy atom. The normalized spacial score (nSPS) is 21.7. The van der Waals surface area contributed by atoms with Gasteiger partial charge >= 0.3 is 5.69 Å². The van der Waals surface area contributed by atoms with Crippen LogP contribution < -0.4 is 5.01 Å². The number of hydrogen-bond acceptors (Lipinski definition) is 8. The molecule has 1 N–H and O–H groups in total. The van der Waals surface area contributed by atoms with Gasteiger partial charge in [0, 0.05) is 24.0 Å². The van der Waals surface area contributed by atoms with E-state index < -0.39 is 38.8 Å². The summed E-state index contributed by atoms with van der Waals surface area (Å²) < 4.78 is 0. The van der Waals surface area contributed by atoms with Gasteiger partial charge in [0.1, 0.15) is 5.69 Å². The van der Waals surface area contributed by atoms with Crippen molar-refractivity contribution in [1.29, 1.82) is 0 Å². The van der Waals surface area contributed by atoms with Crippen molar-refractivity contribution in [3.05, 3.63) is 146 Å². The topological polar surface area (TPSA) is 139 Å². The van der Waals surface area contributed by atoms with Crippen molar-refractivity contribution in [3.63, 3.8) is 0 Å². The summed E-state index contributed by atoms with van der Waals surface area (Å²) in [6.45, 7) is 0. The van der Waals surface area contributed by atoms with E-state index in [4.69, 9.17) is 0 Å². The molecule has 40 heavy (non-hydrogen) atoms. The molecule has 1 aliphatic heterocycles. The summed E-state index contributed by atoms with van der Waals surface area (Å²) in [4.78, 5) is 36.4. The van der Waals surface area contributed by atoms with E-state index in [-0.39, 0.29) is 17.9 Å². The third kappa shape index (κ3) is 3.76. The number of hydrogen-bond donors (Lipinski definition) is 1. The van der Waals surface area contributed by atoms with Crippen LogP contribution in [0.4, 0.5) is 17.1 Å². The maximum absolute atomic E-state index is 14.4. The summed E-state index contributed by atoms with van der Waals surface area (Å²) >= 11 is 0. The molecule has 4 aromatic rings. The van der Waals surface area contributed by atoms with Gasteiger partial charge in [0.25, 0.3) is 5.69 Å². The van der Waals surface area contributed by atoms with E-state index >= 15 is 0 Å². The zero-order chi connectivity index (χ0) is 28.0. The van der Waals surface area contributed by atoms with Crippen LogP contribution in [0.2, 0.25) is 0 Å². The number of benzene rings is 4. The van der Waals surface area contributed by atoms with Crippen LogP contribution >= 0.6 is 0 Å². The highest BCUT2D eigenvalue weighted by atomic mass is 16.6. The smallest absolute Gasteiger partial charge is 0.301 e. The molecule has 10 heteroatoms. The molecule has 1 unspecified atom stereocenters. The largest absolute Gasteiger partial charge is 0.371 e. The van der Waals surface area contributed by atoms with Crippen molar-refractivity contribution in [2.45, 2.75) is 18.6 Å². The maximum atomic E-state index is 14.4. The summed E-state index contributed by atoms with van der Waals surface area (Å²) in [5, 5.41) is 41.3. The second-order valence-corrected chi connectivity index (χ2v) is 9.80. The number of non-ortho nitro benzene ring substituents is 1. The fourth-order valence-electron chi connectivity index (χ4n) is 5.93. The molecule has 0 fully saturated rings. The Kier molecular flexibility index (Phi) is 5.96. The number of nitrogens with zero attached hydrogens (tertiary/aromatic N) is 4. The number of ketones is 1. The van der Waals surface area contributed by atoms with Gasteiger partial charge in [-0.3, -0.25) is 25.0 Å². The first kappa shape index (κ1) is 25.1. The molecule has 198 valence electrons. The van der Waals surface area contributed by atoms with Gasteiger partial charge in [0.15, 0.2) is 12.0 Å². The van der Waals surface area contributed by atoms with E-state index in [0.29, 0.717) is 16.8 Å². The SMILES string of the molecule is O=C1c2ccccc2[C@@H](c2ccccc2)[C@@]12CC(c1ccccc1)=NN(c1ccc([N+](=O)[O-])cc1[N+](=O)[O-])C2O. The Labute approximate surface area is 228 Å². The molecular weight excluding hydrogens is 512 g/mol. The van der Waals surface area contributed by atoms with Gasteiger partial charge in [-0.25, -0.2) is 5.01 Å². The second-order valence-electron chi connectivity index (χ2n) is 9.80. The number of aliphatic hydroxyl groups excluding tert-OH is 1. The molecule has 6 rings (SSSR count). The third-order valence-corrected chi connectivity index (χ3v) is 7.69. The Hall–Kier alpha value is -5.22. The van der Waals surface area contributed by atoms with E-state index in [1.807, 2.05) is 72.8 Å². The minimum absolute atomic E-state index is 0.0581. The summed E-state index contributed by atoms with van der Waals surface area (Å²) in [6.07, 6.45) is -1.58. The molecule has 1 aliphatic carbocycles. The molecule has 1 heterocycles. The lowest BCUT2D eigenvalue weighted by Gasteiger charge is -2.45. The maximum Gasteiger partial charge on any atom is 0.301 e. The number of anilines is 1. The fourth-order valence-corrected chi connectivity index (χ4v) is 5.93. The number of aliphatic hydroxyl groups is 1. The molecule has 4 aromatic carbocycles. The average Bonchev–Trinajstić information content (AvgIpc) is 3.23. The summed E-state index contributed by atoms with van der Waals surface area (Å²) in [6, 6.07) is 28.8. The molecule has 2 aliphatic rings. The first-order valence-corrected chi connectivity index (χ1v) is 12.5. The third-order valence-electron chi connectivity index (χ3n) is 7.69. The number of nitro benzene ring substituents is 2. The van der Waals surface area contributed by atoms with E-state index in [2.05, 4.69) is 5.10 Å². The van der Waals surface area contributed by atoms with E-state index in [0.717, 1.165) is 28.3 Å². The zero-order valence-corrected chi connectivity index (χ0v) is 21.0. The van der Waals surface area contributed by atoms with Gasteiger partial charge in [-0.2, -0.15) is 5.10 Å². The van der Waals surface area contributed by atoms with Crippen LogP contribution in [-0.2, 0) is 0 Å². The van der Waals surface area contributed by atoms with Crippen molar-refractivity contribution in [3.8, 4) is 0 Å². The van der Waals surface area contributed by atoms with Gasteiger partial charge in [-0.1, -0.05) is 84.9 Å². The first-order valence-electron chi connectivity index (χ1n) is 12.5. The van der Waals surface area contributed by atoms with Crippen LogP contribution in [0, 0.1) is 25.6 Å². The van der Waals surface area contributed by atoms with Crippen molar-refractivity contribution < 1.29 is 19.7 Å². The van der Waals surface area contributed by atoms with Crippen LogP contribution in [0.1, 0.15) is 39.4 Å². The highest BCUT2D eigenvalue weighted by molar-refractivity contribution is 6.13. The molecule has 0 radical (unpaired) electrons. The van der Waals surface area contributed by atoms with E-state index in [1.54, 1.807) is 12.1 Å². The Morgan fingerprint density at radius 1 is 0.850 bits per heavy atom. The standard InChI is InChI=1S/C30H22N4O6/c35-28-23-14-8-7-13-22(23)27(20-11-5-2-6-12-20)30(28)18-24(19-9-3-1-4-10-19)31-32(29(30)36)25-16-15-21(33(37)38)17-26(25)34(39)40/h1-17,27,29,36H,18H2/t27-,29?,30+/m1/s1. The second kappa shape index (κ2) is 9.51. The quantitative estimate of drug-likeness (QED) is 0.265. The van der Waals surface area contributed by atoms with Crippen molar-refractivity contribution in [1.82, 2.24) is 0 Å². The predicted octanol–water partition coefficient (Wildman–Crippen LogP) is 5.45. The van der Waals surface area contributed by atoms with Gasteiger partial charge in [-0.05, 0) is 22.8 Å². The van der Waals surface area contributed by atoms with Crippen molar-refractivity contribution in [2.75, 3.05) is 5.01 Å². The van der Waals surface area contributed by atoms with Gasteiger partial charge < -0.3 is 5.11 Å². The number of nitro groups is 2. The van der Waals surface area contributed by atoms with E-state index in [9.17, 15) is 30.1 Å². The molecule has 0 saturated heterocycles. The summed E-state index contributed by atoms with van der Waals surface area (Å²) in [5.74, 6) is -0.899. The predicted molar refractivity (Wildman–Crippen MR) is 147 cm³/mol. The number of fused-ring (bicyclic) bond motifs is 1. The molecule has 0 bridgehead atoms. The Balaban J connectivity index is 1.63. The van der Waals surface area contributed by atoms with Gasteiger partial charge in [-0.15, -0.1) is 0 Å². The van der Waals surface area contributed by atoms with Gasteiger partial charge in [0.2, 0.25) is 0 Å². The number of rotatable bonds is 5. The molecule has 1 spiro atoms. The lowest BCUT2D eigenvalue weighted by Crippen LogP contribution is -2.56.